The number of nitrogens with zero attached hydrogens (tertiary/aromatic N) is 2. The van der Waals surface area contributed by atoms with Gasteiger partial charge in [0, 0.05) is 10.8 Å². The maximum atomic E-state index is 12.1. The minimum atomic E-state index is -0.221. The number of anilines is 1. The number of benzene rings is 1. The molecule has 24 heavy (non-hydrogen) atoms. The van der Waals surface area contributed by atoms with Gasteiger partial charge < -0.3 is 5.32 Å². The molecule has 1 N–H and O–H groups in total. The van der Waals surface area contributed by atoms with Gasteiger partial charge in [0.2, 0.25) is 5.91 Å². The zero-order chi connectivity index (χ0) is 17.5. The molecule has 0 spiro atoms. The number of rotatable bonds is 8. The van der Waals surface area contributed by atoms with Crippen molar-refractivity contribution in [3.8, 4) is 0 Å². The van der Waals surface area contributed by atoms with Crippen LogP contribution in [0.15, 0.2) is 20.8 Å². The van der Waals surface area contributed by atoms with Gasteiger partial charge in [0.1, 0.15) is 0 Å². The van der Waals surface area contributed by atoms with Crippen LogP contribution in [0.25, 0.3) is 0 Å². The molecule has 1 heterocycles. The average molecular weight is 443 g/mol. The standard InChI is InChI=1S/C14H14Cl3N3OS3/c1-2-3-4-22-13-19-20-14(24-13)23-7-11(21)18-12-9(16)5-8(15)6-10(12)17/h5-6H,2-4,7H2,1H3,(H,18,21). The van der Waals surface area contributed by atoms with Crippen molar-refractivity contribution < 1.29 is 4.79 Å². The quantitative estimate of drug-likeness (QED) is 0.394. The maximum Gasteiger partial charge on any atom is 0.234 e. The Hall–Kier alpha value is -0.180. The maximum absolute atomic E-state index is 12.1. The van der Waals surface area contributed by atoms with Crippen LogP contribution >= 0.6 is 69.7 Å². The van der Waals surface area contributed by atoms with E-state index in [1.807, 2.05) is 0 Å². The van der Waals surface area contributed by atoms with Gasteiger partial charge in [-0.05, 0) is 18.6 Å². The van der Waals surface area contributed by atoms with Crippen molar-refractivity contribution in [1.82, 2.24) is 10.2 Å². The van der Waals surface area contributed by atoms with Crippen molar-refractivity contribution in [3.63, 3.8) is 0 Å². The molecule has 0 saturated carbocycles. The second-order valence-corrected chi connectivity index (χ2v) is 9.41. The van der Waals surface area contributed by atoms with Crippen LogP contribution in [-0.2, 0) is 4.79 Å². The normalized spacial score (nSPS) is 10.8. The first-order chi connectivity index (χ1) is 11.5. The van der Waals surface area contributed by atoms with E-state index in [0.29, 0.717) is 20.8 Å². The van der Waals surface area contributed by atoms with E-state index < -0.39 is 0 Å². The highest BCUT2D eigenvalue weighted by Crippen LogP contribution is 2.34. The summed E-state index contributed by atoms with van der Waals surface area (Å²) in [7, 11) is 0. The van der Waals surface area contributed by atoms with E-state index in [-0.39, 0.29) is 11.7 Å². The van der Waals surface area contributed by atoms with E-state index in [9.17, 15) is 4.79 Å². The molecule has 1 aromatic carbocycles. The number of hydrogen-bond donors (Lipinski definition) is 1. The van der Waals surface area contributed by atoms with Gasteiger partial charge in [0.05, 0.1) is 21.5 Å². The minimum absolute atomic E-state index is 0.198. The highest BCUT2D eigenvalue weighted by atomic mass is 35.5. The lowest BCUT2D eigenvalue weighted by Gasteiger charge is -2.09. The van der Waals surface area contributed by atoms with Gasteiger partial charge in [0.25, 0.3) is 0 Å². The first-order valence-corrected chi connectivity index (χ1v) is 10.9. The van der Waals surface area contributed by atoms with Crippen LogP contribution in [0.4, 0.5) is 5.69 Å². The second kappa shape index (κ2) is 10.1. The molecule has 0 unspecified atom stereocenters. The lowest BCUT2D eigenvalue weighted by Crippen LogP contribution is -2.14. The van der Waals surface area contributed by atoms with Crippen molar-refractivity contribution in [3.05, 3.63) is 27.2 Å². The van der Waals surface area contributed by atoms with E-state index in [1.54, 1.807) is 11.8 Å². The number of hydrogen-bond acceptors (Lipinski definition) is 6. The summed E-state index contributed by atoms with van der Waals surface area (Å²) in [6.45, 7) is 2.15. The van der Waals surface area contributed by atoms with E-state index in [1.165, 1.54) is 35.2 Å². The molecule has 0 radical (unpaired) electrons. The number of unbranched alkanes of at least 4 members (excludes halogenated alkanes) is 1. The third-order valence-electron chi connectivity index (χ3n) is 2.71. The Labute approximate surface area is 168 Å². The predicted octanol–water partition coefficient (Wildman–Crippen LogP) is 6.12. The van der Waals surface area contributed by atoms with Crippen LogP contribution < -0.4 is 5.32 Å². The Morgan fingerprint density at radius 1 is 1.17 bits per heavy atom. The van der Waals surface area contributed by atoms with Crippen molar-refractivity contribution >= 4 is 81.3 Å². The molecule has 0 fully saturated rings. The fourth-order valence-corrected chi connectivity index (χ4v) is 5.47. The summed E-state index contributed by atoms with van der Waals surface area (Å²) in [5, 5.41) is 11.9. The first kappa shape index (κ1) is 20.1. The number of aromatic nitrogens is 2. The number of halogens is 3. The van der Waals surface area contributed by atoms with E-state index in [2.05, 4.69) is 22.4 Å². The molecule has 0 aliphatic rings. The molecular weight excluding hydrogens is 429 g/mol. The summed E-state index contributed by atoms with van der Waals surface area (Å²) in [6, 6.07) is 3.06. The molecular formula is C14H14Cl3N3OS3. The molecule has 0 bridgehead atoms. The Bertz CT molecular complexity index is 689. The third kappa shape index (κ3) is 6.28. The van der Waals surface area contributed by atoms with Gasteiger partial charge >= 0.3 is 0 Å². The Balaban J connectivity index is 1.85. The molecule has 1 amide bonds. The van der Waals surface area contributed by atoms with Crippen LogP contribution in [-0.4, -0.2) is 27.6 Å². The van der Waals surface area contributed by atoms with Crippen molar-refractivity contribution in [2.24, 2.45) is 0 Å². The van der Waals surface area contributed by atoms with Gasteiger partial charge in [-0.1, -0.05) is 83.0 Å². The minimum Gasteiger partial charge on any atom is -0.323 e. The summed E-state index contributed by atoms with van der Waals surface area (Å²) in [4.78, 5) is 12.1. The molecule has 0 aliphatic carbocycles. The van der Waals surface area contributed by atoms with Crippen LogP contribution in [0.3, 0.4) is 0 Å². The van der Waals surface area contributed by atoms with Crippen LogP contribution in [0.1, 0.15) is 19.8 Å². The number of nitrogens with one attached hydrogen (secondary N) is 1. The molecule has 0 atom stereocenters. The van der Waals surface area contributed by atoms with Gasteiger partial charge in [-0.15, -0.1) is 10.2 Å². The van der Waals surface area contributed by atoms with Gasteiger partial charge in [0.15, 0.2) is 8.68 Å². The summed E-state index contributed by atoms with van der Waals surface area (Å²) < 4.78 is 1.69. The lowest BCUT2D eigenvalue weighted by molar-refractivity contribution is -0.113. The summed E-state index contributed by atoms with van der Waals surface area (Å²) in [5.74, 6) is 1.01. The van der Waals surface area contributed by atoms with E-state index >= 15 is 0 Å². The third-order valence-corrected chi connectivity index (χ3v) is 6.80. The highest BCUT2D eigenvalue weighted by molar-refractivity contribution is 8.03. The molecule has 2 aromatic rings. The summed E-state index contributed by atoms with van der Waals surface area (Å²) in [5.41, 5.74) is 0.362. The second-order valence-electron chi connectivity index (χ2n) is 4.62. The predicted molar refractivity (Wildman–Crippen MR) is 106 cm³/mol. The van der Waals surface area contributed by atoms with E-state index in [4.69, 9.17) is 34.8 Å². The first-order valence-electron chi connectivity index (χ1n) is 7.03. The molecule has 130 valence electrons. The van der Waals surface area contributed by atoms with Crippen LogP contribution in [0.2, 0.25) is 15.1 Å². The molecule has 10 heteroatoms. The van der Waals surface area contributed by atoms with Gasteiger partial charge in [-0.2, -0.15) is 0 Å². The summed E-state index contributed by atoms with van der Waals surface area (Å²) >= 11 is 22.5. The van der Waals surface area contributed by atoms with Crippen molar-refractivity contribution in [1.29, 1.82) is 0 Å². The van der Waals surface area contributed by atoms with Crippen LogP contribution in [0, 0.1) is 0 Å². The lowest BCUT2D eigenvalue weighted by atomic mass is 10.3. The number of carbonyl (C=O) groups excluding carboxylic acids is 1. The topological polar surface area (TPSA) is 54.9 Å². The molecule has 1 aromatic heterocycles. The fourth-order valence-electron chi connectivity index (χ4n) is 1.58. The van der Waals surface area contributed by atoms with Crippen molar-refractivity contribution in [2.45, 2.75) is 28.4 Å². The number of thioether (sulfide) groups is 2. The van der Waals surface area contributed by atoms with Crippen LogP contribution in [0.5, 0.6) is 0 Å². The molecule has 0 aliphatic heterocycles. The molecule has 0 saturated heterocycles. The van der Waals surface area contributed by atoms with Gasteiger partial charge in [-0.3, -0.25) is 4.79 Å². The number of carbonyl (C=O) groups is 1. The Morgan fingerprint density at radius 2 is 1.79 bits per heavy atom. The van der Waals surface area contributed by atoms with E-state index in [0.717, 1.165) is 27.3 Å². The fraction of sp³-hybridized carbons (Fsp3) is 0.357. The highest BCUT2D eigenvalue weighted by Gasteiger charge is 2.13. The molecule has 4 nitrogen and oxygen atoms in total. The average Bonchev–Trinajstić information content (AvgIpc) is 2.97. The monoisotopic (exact) mass is 441 g/mol. The SMILES string of the molecule is CCCCSc1nnc(SCC(=O)Nc2c(Cl)cc(Cl)cc2Cl)s1. The summed E-state index contributed by atoms with van der Waals surface area (Å²) in [6.07, 6.45) is 2.31. The van der Waals surface area contributed by atoms with Gasteiger partial charge in [-0.25, -0.2) is 0 Å². The van der Waals surface area contributed by atoms with Crippen molar-refractivity contribution in [2.75, 3.05) is 16.8 Å². The zero-order valence-corrected chi connectivity index (χ0v) is 17.4. The smallest absolute Gasteiger partial charge is 0.234 e. The zero-order valence-electron chi connectivity index (χ0n) is 12.6. The Kier molecular flexibility index (Phi) is 8.46. The Morgan fingerprint density at radius 3 is 2.42 bits per heavy atom. The largest absolute Gasteiger partial charge is 0.323 e. The molecule has 2 rings (SSSR count). The number of amides is 1.